The summed E-state index contributed by atoms with van der Waals surface area (Å²) in [5, 5.41) is 19.9. The average Bonchev–Trinajstić information content (AvgIpc) is 3.01. The number of aromatic nitrogens is 1. The van der Waals surface area contributed by atoms with Gasteiger partial charge in [-0.1, -0.05) is 5.16 Å². The van der Waals surface area contributed by atoms with Crippen molar-refractivity contribution in [1.82, 2.24) is 5.16 Å². The molecule has 1 aliphatic rings. The summed E-state index contributed by atoms with van der Waals surface area (Å²) in [7, 11) is 1.65. The van der Waals surface area contributed by atoms with Gasteiger partial charge < -0.3 is 19.9 Å². The van der Waals surface area contributed by atoms with Crippen LogP contribution in [-0.4, -0.2) is 18.1 Å². The first-order chi connectivity index (χ1) is 13.4. The summed E-state index contributed by atoms with van der Waals surface area (Å²) in [5.74, 6) is 0.849. The first-order valence-electron chi connectivity index (χ1n) is 9.10. The molecule has 1 aliphatic heterocycles. The zero-order chi connectivity index (χ0) is 19.9. The van der Waals surface area contributed by atoms with Crippen molar-refractivity contribution in [3.8, 4) is 16.9 Å². The molecular formula is C21H23N5O2. The van der Waals surface area contributed by atoms with E-state index in [1.165, 1.54) is 0 Å². The number of anilines is 2. The van der Waals surface area contributed by atoms with Crippen LogP contribution in [0, 0.1) is 20.8 Å². The number of ether oxygens (including phenoxy) is 1. The molecule has 0 radical (unpaired) electrons. The molecule has 28 heavy (non-hydrogen) atoms. The Bertz CT molecular complexity index is 1040. The Hall–Kier alpha value is -3.35. The van der Waals surface area contributed by atoms with Crippen LogP contribution in [0.4, 0.5) is 17.1 Å². The Morgan fingerprint density at radius 3 is 2.50 bits per heavy atom. The van der Waals surface area contributed by atoms with Gasteiger partial charge in [-0.15, -0.1) is 10.2 Å². The molecule has 0 amide bonds. The number of nitrogens with one attached hydrogen (secondary N) is 2. The molecule has 7 heteroatoms. The Morgan fingerprint density at radius 2 is 1.86 bits per heavy atom. The van der Waals surface area contributed by atoms with Gasteiger partial charge in [-0.3, -0.25) is 0 Å². The van der Waals surface area contributed by atoms with Gasteiger partial charge in [-0.2, -0.15) is 0 Å². The van der Waals surface area contributed by atoms with E-state index in [0.717, 1.165) is 51.0 Å². The van der Waals surface area contributed by atoms with Crippen molar-refractivity contribution in [3.63, 3.8) is 0 Å². The van der Waals surface area contributed by atoms with E-state index in [4.69, 9.17) is 9.26 Å². The maximum Gasteiger partial charge on any atom is 0.222 e. The van der Waals surface area contributed by atoms with Crippen LogP contribution in [0.25, 0.3) is 11.1 Å². The monoisotopic (exact) mass is 377 g/mol. The molecule has 0 bridgehead atoms. The number of benzene rings is 2. The van der Waals surface area contributed by atoms with Crippen LogP contribution in [0.2, 0.25) is 0 Å². The average molecular weight is 377 g/mol. The molecule has 0 fully saturated rings. The van der Waals surface area contributed by atoms with Gasteiger partial charge in [-0.25, -0.2) is 0 Å². The van der Waals surface area contributed by atoms with Crippen molar-refractivity contribution in [2.45, 2.75) is 33.5 Å². The van der Waals surface area contributed by atoms with Crippen LogP contribution in [0.1, 0.15) is 23.9 Å². The van der Waals surface area contributed by atoms with Gasteiger partial charge in [-0.05, 0) is 68.3 Å². The van der Waals surface area contributed by atoms with Gasteiger partial charge in [0.05, 0.1) is 18.5 Å². The third-order valence-electron chi connectivity index (χ3n) is 4.84. The quantitative estimate of drug-likeness (QED) is 0.621. The van der Waals surface area contributed by atoms with Gasteiger partial charge in [0.2, 0.25) is 5.79 Å². The molecule has 1 unspecified atom stereocenters. The second-order valence-electron chi connectivity index (χ2n) is 7.14. The third-order valence-corrected chi connectivity index (χ3v) is 4.84. The highest BCUT2D eigenvalue weighted by Crippen LogP contribution is 2.41. The molecular weight excluding hydrogens is 354 g/mol. The summed E-state index contributed by atoms with van der Waals surface area (Å²) in [6.45, 7) is 7.86. The fourth-order valence-corrected chi connectivity index (χ4v) is 3.48. The predicted octanol–water partition coefficient (Wildman–Crippen LogP) is 5.57. The van der Waals surface area contributed by atoms with Crippen molar-refractivity contribution in [2.24, 2.45) is 10.2 Å². The summed E-state index contributed by atoms with van der Waals surface area (Å²) in [4.78, 5) is 0. The first kappa shape index (κ1) is 18.0. The fraction of sp³-hybridized carbons (Fsp3) is 0.286. The van der Waals surface area contributed by atoms with Gasteiger partial charge in [0.25, 0.3) is 0 Å². The lowest BCUT2D eigenvalue weighted by molar-refractivity contribution is 0.393. The second kappa shape index (κ2) is 6.67. The van der Waals surface area contributed by atoms with E-state index in [-0.39, 0.29) is 0 Å². The van der Waals surface area contributed by atoms with E-state index < -0.39 is 5.79 Å². The number of aryl methyl sites for hydroxylation is 3. The minimum atomic E-state index is -0.753. The van der Waals surface area contributed by atoms with Crippen LogP contribution in [-0.2, 0) is 0 Å². The Labute approximate surface area is 163 Å². The standard InChI is InChI=1S/C21H23N5O2/c1-12-10-15(19-13(2)25-28-14(19)3)11-18-20(12)23-21(4,26-24-18)22-16-6-8-17(27-5)9-7-16/h6-11,22-23H,1-5H3. The Balaban J connectivity index is 1.64. The van der Waals surface area contributed by atoms with E-state index in [2.05, 4.69) is 39.0 Å². The highest BCUT2D eigenvalue weighted by atomic mass is 16.5. The van der Waals surface area contributed by atoms with E-state index in [0.29, 0.717) is 0 Å². The van der Waals surface area contributed by atoms with Crippen molar-refractivity contribution in [3.05, 3.63) is 53.4 Å². The predicted molar refractivity (Wildman–Crippen MR) is 109 cm³/mol. The number of hydrogen-bond acceptors (Lipinski definition) is 7. The van der Waals surface area contributed by atoms with Gasteiger partial charge >= 0.3 is 0 Å². The van der Waals surface area contributed by atoms with E-state index in [1.54, 1.807) is 7.11 Å². The number of azo groups is 1. The minimum Gasteiger partial charge on any atom is -0.497 e. The molecule has 2 heterocycles. The number of hydrogen-bond donors (Lipinski definition) is 2. The number of nitrogens with zero attached hydrogens (tertiary/aromatic N) is 3. The Kier molecular flexibility index (Phi) is 4.30. The highest BCUT2D eigenvalue weighted by molar-refractivity contribution is 5.81. The maximum atomic E-state index is 5.31. The Morgan fingerprint density at radius 1 is 1.11 bits per heavy atom. The van der Waals surface area contributed by atoms with Crippen LogP contribution >= 0.6 is 0 Å². The van der Waals surface area contributed by atoms with Crippen LogP contribution in [0.5, 0.6) is 5.75 Å². The van der Waals surface area contributed by atoms with Gasteiger partial charge in [0.15, 0.2) is 0 Å². The highest BCUT2D eigenvalue weighted by Gasteiger charge is 2.29. The molecule has 1 atom stereocenters. The molecule has 3 aromatic rings. The van der Waals surface area contributed by atoms with Crippen molar-refractivity contribution in [1.29, 1.82) is 0 Å². The SMILES string of the molecule is COc1ccc(NC2(C)N=Nc3cc(-c4c(C)noc4C)cc(C)c3N2)cc1. The van der Waals surface area contributed by atoms with E-state index in [9.17, 15) is 0 Å². The molecule has 0 spiro atoms. The normalized spacial score (nSPS) is 17.8. The third kappa shape index (κ3) is 3.19. The van der Waals surface area contributed by atoms with Crippen LogP contribution in [0.3, 0.4) is 0 Å². The smallest absolute Gasteiger partial charge is 0.222 e. The summed E-state index contributed by atoms with van der Waals surface area (Å²) in [5.41, 5.74) is 6.64. The first-order valence-corrected chi connectivity index (χ1v) is 9.10. The summed E-state index contributed by atoms with van der Waals surface area (Å²) in [6.07, 6.45) is 0. The lowest BCUT2D eigenvalue weighted by atomic mass is 9.99. The minimum absolute atomic E-state index is 0.753. The zero-order valence-corrected chi connectivity index (χ0v) is 16.6. The molecule has 7 nitrogen and oxygen atoms in total. The summed E-state index contributed by atoms with van der Waals surface area (Å²) < 4.78 is 10.5. The van der Waals surface area contributed by atoms with Crippen molar-refractivity contribution >= 4 is 17.1 Å². The molecule has 2 aromatic carbocycles. The fourth-order valence-electron chi connectivity index (χ4n) is 3.48. The molecule has 0 aliphatic carbocycles. The number of methoxy groups -OCH3 is 1. The molecule has 0 saturated heterocycles. The molecule has 0 saturated carbocycles. The van der Waals surface area contributed by atoms with Gasteiger partial charge in [0, 0.05) is 18.2 Å². The summed E-state index contributed by atoms with van der Waals surface area (Å²) >= 11 is 0. The number of fused-ring (bicyclic) bond motifs is 1. The topological polar surface area (TPSA) is 84.0 Å². The molecule has 1 aromatic heterocycles. The molecule has 144 valence electrons. The maximum absolute atomic E-state index is 5.31. The largest absolute Gasteiger partial charge is 0.497 e. The molecule has 2 N–H and O–H groups in total. The van der Waals surface area contributed by atoms with Crippen molar-refractivity contribution < 1.29 is 9.26 Å². The van der Waals surface area contributed by atoms with Gasteiger partial charge in [0.1, 0.15) is 17.2 Å². The lowest BCUT2D eigenvalue weighted by Gasteiger charge is -2.33. The summed E-state index contributed by atoms with van der Waals surface area (Å²) in [6, 6.07) is 11.8. The lowest BCUT2D eigenvalue weighted by Crippen LogP contribution is -2.42. The van der Waals surface area contributed by atoms with E-state index >= 15 is 0 Å². The second-order valence-corrected chi connectivity index (χ2v) is 7.14. The zero-order valence-electron chi connectivity index (χ0n) is 16.6. The van der Waals surface area contributed by atoms with Crippen molar-refractivity contribution in [2.75, 3.05) is 17.7 Å². The van der Waals surface area contributed by atoms with E-state index in [1.807, 2.05) is 51.1 Å². The number of rotatable bonds is 4. The molecule has 4 rings (SSSR count). The van der Waals surface area contributed by atoms with Crippen LogP contribution in [0.15, 0.2) is 51.1 Å². The van der Waals surface area contributed by atoms with Crippen LogP contribution < -0.4 is 15.4 Å².